The van der Waals surface area contributed by atoms with Crippen LogP contribution < -0.4 is 5.32 Å². The molecule has 3 heteroatoms. The van der Waals surface area contributed by atoms with Crippen LogP contribution in [0.2, 0.25) is 0 Å². The standard InChI is InChI=1S/C68H55N3/c1-4-18-52(49-33-39-56(40-34-49)71-67-30-16-13-26-59(67)60-27-17-19-46(2)68(60)71)43-47(3)61-44-53(50-31-37-55(38-32-50)70-65-28-14-11-24-57(65)58-25-12-15-29-66(58)70)35-41-63(61)69-64-42-36-54(48-20-7-5-8-21-48)45-62(64)51-22-9-6-10-23-51/h4-18,20-31,33-46,50,69H,3,19,32H2,1-2H3/b18-4-,52-43+. The molecule has 2 aromatic heterocycles. The number of hydrogen-bond donors (Lipinski definition) is 1. The lowest BCUT2D eigenvalue weighted by Crippen LogP contribution is -2.07. The summed E-state index contributed by atoms with van der Waals surface area (Å²) in [6.07, 6.45) is 20.2. The van der Waals surface area contributed by atoms with E-state index >= 15 is 0 Å². The molecule has 10 aromatic rings. The Morgan fingerprint density at radius 2 is 1.23 bits per heavy atom. The minimum Gasteiger partial charge on any atom is -0.355 e. The smallest absolute Gasteiger partial charge is 0.0540 e. The molecule has 3 nitrogen and oxygen atoms in total. The van der Waals surface area contributed by atoms with E-state index in [1.165, 1.54) is 72.0 Å². The van der Waals surface area contributed by atoms with Crippen LogP contribution in [0.25, 0.3) is 83.6 Å². The molecular weight excluding hydrogens is 859 g/mol. The van der Waals surface area contributed by atoms with Gasteiger partial charge in [0.1, 0.15) is 0 Å². The van der Waals surface area contributed by atoms with Crippen molar-refractivity contribution >= 4 is 67.0 Å². The van der Waals surface area contributed by atoms with E-state index in [1.807, 2.05) is 0 Å². The van der Waals surface area contributed by atoms with Gasteiger partial charge in [-0.05, 0) is 125 Å². The molecule has 0 fully saturated rings. The summed E-state index contributed by atoms with van der Waals surface area (Å²) >= 11 is 0. The van der Waals surface area contributed by atoms with Gasteiger partial charge in [-0.2, -0.15) is 0 Å². The van der Waals surface area contributed by atoms with E-state index in [0.717, 1.165) is 57.6 Å². The second-order valence-corrected chi connectivity index (χ2v) is 19.0. The molecule has 0 radical (unpaired) electrons. The van der Waals surface area contributed by atoms with E-state index in [1.54, 1.807) is 0 Å². The summed E-state index contributed by atoms with van der Waals surface area (Å²) in [4.78, 5) is 0. The van der Waals surface area contributed by atoms with Crippen LogP contribution in [0.15, 0.2) is 243 Å². The summed E-state index contributed by atoms with van der Waals surface area (Å²) in [6.45, 7) is 9.29. The van der Waals surface area contributed by atoms with E-state index in [2.05, 4.69) is 271 Å². The highest BCUT2D eigenvalue weighted by Gasteiger charge is 2.24. The second-order valence-electron chi connectivity index (χ2n) is 19.0. The number of fused-ring (bicyclic) bond motifs is 6. The molecule has 342 valence electrons. The first kappa shape index (κ1) is 43.6. The van der Waals surface area contributed by atoms with Gasteiger partial charge in [0.05, 0.1) is 16.6 Å². The van der Waals surface area contributed by atoms with Crippen molar-refractivity contribution in [2.24, 2.45) is 0 Å². The van der Waals surface area contributed by atoms with E-state index in [0.29, 0.717) is 5.92 Å². The van der Waals surface area contributed by atoms with Gasteiger partial charge in [0.15, 0.2) is 0 Å². The van der Waals surface area contributed by atoms with Gasteiger partial charge in [0.25, 0.3) is 0 Å². The monoisotopic (exact) mass is 913 g/mol. The molecule has 0 amide bonds. The topological polar surface area (TPSA) is 21.9 Å². The van der Waals surface area contributed by atoms with Gasteiger partial charge in [-0.25, -0.2) is 0 Å². The minimum atomic E-state index is 0.192. The molecule has 0 saturated carbocycles. The van der Waals surface area contributed by atoms with Crippen molar-refractivity contribution in [1.29, 1.82) is 0 Å². The number of allylic oxidation sites excluding steroid dienone is 10. The number of anilines is 2. The van der Waals surface area contributed by atoms with Crippen molar-refractivity contribution in [2.45, 2.75) is 38.5 Å². The third kappa shape index (κ3) is 8.10. The zero-order valence-corrected chi connectivity index (χ0v) is 40.3. The summed E-state index contributed by atoms with van der Waals surface area (Å²) in [7, 11) is 0. The quantitative estimate of drug-likeness (QED) is 0.128. The zero-order chi connectivity index (χ0) is 47.8. The average molecular weight is 914 g/mol. The lowest BCUT2D eigenvalue weighted by atomic mass is 9.88. The van der Waals surface area contributed by atoms with Crippen molar-refractivity contribution in [3.8, 4) is 27.9 Å². The van der Waals surface area contributed by atoms with Gasteiger partial charge in [0.2, 0.25) is 0 Å². The van der Waals surface area contributed by atoms with Crippen LogP contribution in [0.1, 0.15) is 66.5 Å². The lowest BCUT2D eigenvalue weighted by molar-refractivity contribution is 0.723. The maximum Gasteiger partial charge on any atom is 0.0540 e. The third-order valence-electron chi connectivity index (χ3n) is 14.5. The molecule has 2 unspecified atom stereocenters. The molecule has 2 atom stereocenters. The molecule has 12 rings (SSSR count). The number of rotatable bonds is 11. The van der Waals surface area contributed by atoms with Crippen LogP contribution in [-0.4, -0.2) is 9.13 Å². The Hall–Kier alpha value is -8.66. The third-order valence-corrected chi connectivity index (χ3v) is 14.5. The molecule has 2 aliphatic carbocycles. The van der Waals surface area contributed by atoms with Crippen molar-refractivity contribution in [1.82, 2.24) is 9.13 Å². The van der Waals surface area contributed by atoms with E-state index in [9.17, 15) is 0 Å². The largest absolute Gasteiger partial charge is 0.355 e. The summed E-state index contributed by atoms with van der Waals surface area (Å²) in [5.74, 6) is 0.619. The van der Waals surface area contributed by atoms with Gasteiger partial charge < -0.3 is 14.5 Å². The number of para-hydroxylation sites is 3. The maximum atomic E-state index is 4.85. The van der Waals surface area contributed by atoms with E-state index in [-0.39, 0.29) is 5.92 Å². The van der Waals surface area contributed by atoms with E-state index < -0.39 is 0 Å². The molecule has 1 N–H and O–H groups in total. The predicted molar refractivity (Wildman–Crippen MR) is 304 cm³/mol. The van der Waals surface area contributed by atoms with Gasteiger partial charge >= 0.3 is 0 Å². The summed E-state index contributed by atoms with van der Waals surface area (Å²) in [5.41, 5.74) is 21.0. The molecule has 71 heavy (non-hydrogen) atoms. The zero-order valence-electron chi connectivity index (χ0n) is 40.3. The molecule has 0 bridgehead atoms. The Morgan fingerprint density at radius 3 is 1.90 bits per heavy atom. The van der Waals surface area contributed by atoms with Crippen LogP contribution in [0.5, 0.6) is 0 Å². The SMILES string of the molecule is C=C(/C=C(\C=C/C)c1ccc(-n2c3c(c4ccccc42)C=CCC3C)cc1)c1cc(C2C=CC(n3c4ccccc4c4ccccc43)=CC2)ccc1Nc1ccc(-c2ccccc2)cc1-c1ccccc1. The number of nitrogens with zero attached hydrogens (tertiary/aromatic N) is 2. The van der Waals surface area contributed by atoms with E-state index in [4.69, 9.17) is 6.58 Å². The van der Waals surface area contributed by atoms with Crippen molar-refractivity contribution in [3.05, 3.63) is 271 Å². The Bertz CT molecular complexity index is 3760. The Balaban J connectivity index is 0.927. The molecule has 0 spiro atoms. The number of benzene rings is 8. The van der Waals surface area contributed by atoms with Crippen molar-refractivity contribution < 1.29 is 0 Å². The predicted octanol–water partition coefficient (Wildman–Crippen LogP) is 18.6. The van der Waals surface area contributed by atoms with Crippen molar-refractivity contribution in [3.63, 3.8) is 0 Å². The lowest BCUT2D eigenvalue weighted by Gasteiger charge is -2.22. The van der Waals surface area contributed by atoms with Crippen LogP contribution in [0, 0.1) is 0 Å². The second kappa shape index (κ2) is 18.7. The number of hydrogen-bond acceptors (Lipinski definition) is 1. The number of aromatic nitrogens is 2. The Morgan fingerprint density at radius 1 is 0.592 bits per heavy atom. The molecule has 2 aliphatic rings. The van der Waals surface area contributed by atoms with Gasteiger partial charge in [-0.15, -0.1) is 0 Å². The van der Waals surface area contributed by atoms with Gasteiger partial charge in [0, 0.05) is 73.1 Å². The highest BCUT2D eigenvalue weighted by molar-refractivity contribution is 6.10. The maximum absolute atomic E-state index is 4.85. The van der Waals surface area contributed by atoms with Crippen LogP contribution in [0.3, 0.4) is 0 Å². The molecule has 2 heterocycles. The summed E-state index contributed by atoms with van der Waals surface area (Å²) < 4.78 is 4.89. The van der Waals surface area contributed by atoms with Gasteiger partial charge in [-0.3, -0.25) is 0 Å². The first-order valence-corrected chi connectivity index (χ1v) is 25.0. The summed E-state index contributed by atoms with van der Waals surface area (Å²) in [6, 6.07) is 70.3. The Labute approximate surface area is 417 Å². The minimum absolute atomic E-state index is 0.192. The highest BCUT2D eigenvalue weighted by atomic mass is 15.0. The Kier molecular flexibility index (Phi) is 11.5. The summed E-state index contributed by atoms with van der Waals surface area (Å²) in [5, 5.41) is 7.81. The fourth-order valence-corrected chi connectivity index (χ4v) is 11.1. The molecule has 0 aliphatic heterocycles. The molecule has 0 saturated heterocycles. The van der Waals surface area contributed by atoms with Crippen LogP contribution in [-0.2, 0) is 0 Å². The fourth-order valence-electron chi connectivity index (χ4n) is 11.1. The first-order valence-electron chi connectivity index (χ1n) is 25.0. The average Bonchev–Trinajstić information content (AvgIpc) is 3.95. The van der Waals surface area contributed by atoms with Crippen molar-refractivity contribution in [2.75, 3.05) is 5.32 Å². The molecule has 8 aromatic carbocycles. The fraction of sp³-hybridized carbons (Fsp3) is 0.0882. The number of nitrogens with one attached hydrogen (secondary N) is 1. The highest BCUT2D eigenvalue weighted by Crippen LogP contribution is 2.42. The first-order chi connectivity index (χ1) is 35.0. The van der Waals surface area contributed by atoms with Gasteiger partial charge in [-0.1, -0.05) is 189 Å². The van der Waals surface area contributed by atoms with Crippen LogP contribution >= 0.6 is 0 Å². The normalized spacial score (nSPS) is 15.7. The molecular formula is C68H55N3. The van der Waals surface area contributed by atoms with Crippen LogP contribution in [0.4, 0.5) is 11.4 Å².